The van der Waals surface area contributed by atoms with Gasteiger partial charge in [-0.1, -0.05) is 296 Å². The monoisotopic (exact) mass is 841 g/mol. The Morgan fingerprint density at radius 1 is 0.367 bits per heavy atom. The van der Waals surface area contributed by atoms with Crippen molar-refractivity contribution in [2.75, 3.05) is 0 Å². The topological polar surface area (TPSA) is 37.3 Å². The quantitative estimate of drug-likeness (QED) is 0.0489. The van der Waals surface area contributed by atoms with E-state index >= 15 is 0 Å². The van der Waals surface area contributed by atoms with Crippen LogP contribution in [0.25, 0.3) is 0 Å². The summed E-state index contributed by atoms with van der Waals surface area (Å²) in [5.74, 6) is 1.24. The SMILES string of the molecule is CCCCC/C=C\C/C=C\CCCCCCC(CCCCCCCCCCCCCCCCCC(C)C)(CCCCCCCCCCCCCCCCCC(C)C)C(=O)O. The molecule has 0 heterocycles. The lowest BCUT2D eigenvalue weighted by atomic mass is 9.74. The number of unbranched alkanes of at least 4 members (excludes halogenated alkanes) is 35. The minimum absolute atomic E-state index is 0.495. The molecule has 0 fully saturated rings. The fourth-order valence-electron chi connectivity index (χ4n) is 9.42. The molecule has 0 saturated heterocycles. The molecule has 0 rings (SSSR count). The van der Waals surface area contributed by atoms with Crippen LogP contribution in [0.5, 0.6) is 0 Å². The van der Waals surface area contributed by atoms with E-state index in [-0.39, 0.29) is 0 Å². The molecule has 0 aromatic heterocycles. The van der Waals surface area contributed by atoms with E-state index in [0.717, 1.165) is 63.2 Å². The van der Waals surface area contributed by atoms with Gasteiger partial charge in [0.05, 0.1) is 5.41 Å². The van der Waals surface area contributed by atoms with Crippen molar-refractivity contribution in [1.82, 2.24) is 0 Å². The predicted octanol–water partition coefficient (Wildman–Crippen LogP) is 21.1. The van der Waals surface area contributed by atoms with E-state index in [0.29, 0.717) is 0 Å². The first-order valence-electron chi connectivity index (χ1n) is 27.9. The fourth-order valence-corrected chi connectivity index (χ4v) is 9.42. The maximum atomic E-state index is 13.0. The molecular formula is C58H112O2. The van der Waals surface area contributed by atoms with Crippen LogP contribution < -0.4 is 0 Å². The second kappa shape index (κ2) is 47.4. The molecule has 356 valence electrons. The van der Waals surface area contributed by atoms with E-state index in [4.69, 9.17) is 0 Å². The predicted molar refractivity (Wildman–Crippen MR) is 271 cm³/mol. The number of hydrogen-bond acceptors (Lipinski definition) is 1. The Bertz CT molecular complexity index is 856. The van der Waals surface area contributed by atoms with Crippen LogP contribution in [-0.4, -0.2) is 11.1 Å². The van der Waals surface area contributed by atoms with Gasteiger partial charge in [0, 0.05) is 0 Å². The van der Waals surface area contributed by atoms with E-state index < -0.39 is 11.4 Å². The van der Waals surface area contributed by atoms with Crippen molar-refractivity contribution >= 4 is 5.97 Å². The Balaban J connectivity index is 4.37. The lowest BCUT2D eigenvalue weighted by Crippen LogP contribution is -2.31. The highest BCUT2D eigenvalue weighted by Gasteiger charge is 2.36. The molecule has 0 atom stereocenters. The van der Waals surface area contributed by atoms with Crippen LogP contribution in [0.2, 0.25) is 0 Å². The van der Waals surface area contributed by atoms with E-state index in [1.807, 2.05) is 0 Å². The highest BCUT2D eigenvalue weighted by Crippen LogP contribution is 2.38. The van der Waals surface area contributed by atoms with Gasteiger partial charge in [0.25, 0.3) is 0 Å². The van der Waals surface area contributed by atoms with Crippen molar-refractivity contribution in [2.45, 2.75) is 324 Å². The molecule has 0 saturated carbocycles. The Kier molecular flexibility index (Phi) is 46.6. The summed E-state index contributed by atoms with van der Waals surface area (Å²) >= 11 is 0. The maximum Gasteiger partial charge on any atom is 0.309 e. The van der Waals surface area contributed by atoms with Gasteiger partial charge in [-0.25, -0.2) is 0 Å². The van der Waals surface area contributed by atoms with Gasteiger partial charge >= 0.3 is 5.97 Å². The van der Waals surface area contributed by atoms with Gasteiger partial charge < -0.3 is 5.11 Å². The summed E-state index contributed by atoms with van der Waals surface area (Å²) in [7, 11) is 0. The minimum atomic E-state index is -0.495. The van der Waals surface area contributed by atoms with Crippen molar-refractivity contribution in [3.63, 3.8) is 0 Å². The third kappa shape index (κ3) is 43.6. The zero-order valence-electron chi connectivity index (χ0n) is 42.1. The molecule has 0 radical (unpaired) electrons. The van der Waals surface area contributed by atoms with Gasteiger partial charge in [0.15, 0.2) is 0 Å². The number of hydrogen-bond donors (Lipinski definition) is 1. The van der Waals surface area contributed by atoms with Crippen LogP contribution in [0.15, 0.2) is 24.3 Å². The summed E-state index contributed by atoms with van der Waals surface area (Å²) in [5, 5.41) is 10.7. The highest BCUT2D eigenvalue weighted by atomic mass is 16.4. The van der Waals surface area contributed by atoms with E-state index in [2.05, 4.69) is 58.9 Å². The first-order valence-corrected chi connectivity index (χ1v) is 27.9. The van der Waals surface area contributed by atoms with Crippen molar-refractivity contribution in [3.05, 3.63) is 24.3 Å². The van der Waals surface area contributed by atoms with E-state index in [9.17, 15) is 9.90 Å². The van der Waals surface area contributed by atoms with Crippen molar-refractivity contribution < 1.29 is 9.90 Å². The molecule has 0 aliphatic carbocycles. The van der Waals surface area contributed by atoms with Crippen LogP contribution in [0, 0.1) is 17.3 Å². The molecule has 0 aliphatic heterocycles. The summed E-state index contributed by atoms with van der Waals surface area (Å²) in [5.41, 5.74) is -0.495. The molecule has 1 N–H and O–H groups in total. The Labute approximate surface area is 379 Å². The smallest absolute Gasteiger partial charge is 0.309 e. The zero-order valence-corrected chi connectivity index (χ0v) is 42.1. The summed E-state index contributed by atoms with van der Waals surface area (Å²) in [6, 6.07) is 0. The molecule has 2 nitrogen and oxygen atoms in total. The van der Waals surface area contributed by atoms with Crippen molar-refractivity contribution in [2.24, 2.45) is 17.3 Å². The van der Waals surface area contributed by atoms with E-state index in [1.54, 1.807) is 0 Å². The lowest BCUT2D eigenvalue weighted by molar-refractivity contribution is -0.150. The first kappa shape index (κ1) is 58.9. The van der Waals surface area contributed by atoms with Gasteiger partial charge in [0.2, 0.25) is 0 Å². The van der Waals surface area contributed by atoms with Crippen LogP contribution in [0.4, 0.5) is 0 Å². The fraction of sp³-hybridized carbons (Fsp3) is 0.914. The molecular weight excluding hydrogens is 729 g/mol. The zero-order chi connectivity index (χ0) is 43.9. The second-order valence-corrected chi connectivity index (χ2v) is 20.7. The van der Waals surface area contributed by atoms with Gasteiger partial charge in [-0.15, -0.1) is 0 Å². The van der Waals surface area contributed by atoms with Gasteiger partial charge in [-0.3, -0.25) is 4.79 Å². The second-order valence-electron chi connectivity index (χ2n) is 20.7. The molecule has 0 spiro atoms. The average Bonchev–Trinajstić information content (AvgIpc) is 3.22. The lowest BCUT2D eigenvalue weighted by Gasteiger charge is -2.30. The van der Waals surface area contributed by atoms with Crippen LogP contribution in [-0.2, 0) is 4.79 Å². The molecule has 0 aromatic carbocycles. The largest absolute Gasteiger partial charge is 0.481 e. The summed E-state index contributed by atoms with van der Waals surface area (Å²) < 4.78 is 0. The highest BCUT2D eigenvalue weighted by molar-refractivity contribution is 5.74. The minimum Gasteiger partial charge on any atom is -0.481 e. The summed E-state index contributed by atoms with van der Waals surface area (Å²) in [6.45, 7) is 11.6. The number of allylic oxidation sites excluding steroid dienone is 4. The van der Waals surface area contributed by atoms with Gasteiger partial charge in [0.1, 0.15) is 0 Å². The number of carboxylic acids is 1. The normalized spacial score (nSPS) is 12.4. The Morgan fingerprint density at radius 2 is 0.617 bits per heavy atom. The molecule has 2 heteroatoms. The average molecular weight is 842 g/mol. The third-order valence-corrected chi connectivity index (χ3v) is 13.7. The van der Waals surface area contributed by atoms with Crippen LogP contribution in [0.3, 0.4) is 0 Å². The first-order chi connectivity index (χ1) is 29.3. The third-order valence-electron chi connectivity index (χ3n) is 13.7. The van der Waals surface area contributed by atoms with Gasteiger partial charge in [-0.05, 0) is 63.2 Å². The number of carboxylic acid groups (broad SMARTS) is 1. The molecule has 0 aliphatic rings. The summed E-state index contributed by atoms with van der Waals surface area (Å²) in [4.78, 5) is 13.0. The molecule has 0 amide bonds. The Morgan fingerprint density at radius 3 is 0.883 bits per heavy atom. The summed E-state index contributed by atoms with van der Waals surface area (Å²) in [6.07, 6.45) is 68.0. The van der Waals surface area contributed by atoms with Gasteiger partial charge in [-0.2, -0.15) is 0 Å². The Hall–Kier alpha value is -1.05. The van der Waals surface area contributed by atoms with Crippen molar-refractivity contribution in [3.8, 4) is 0 Å². The standard InChI is InChI=1S/C58H112O2/c1-6-7-8-9-10-11-12-13-22-27-32-37-42-47-52-58(57(59)60,53-48-43-38-33-28-23-18-14-16-20-25-30-35-40-45-50-55(2)3)54-49-44-39-34-29-24-19-15-17-21-26-31-36-41-46-51-56(4)5/h10-11,13,22,55-56H,6-9,12,14-21,23-54H2,1-5H3,(H,59,60)/b11-10-,22-13-. The number of rotatable bonds is 50. The molecule has 0 unspecified atom stereocenters. The maximum absolute atomic E-state index is 13.0. The van der Waals surface area contributed by atoms with E-state index in [1.165, 1.54) is 238 Å². The molecule has 0 bridgehead atoms. The van der Waals surface area contributed by atoms with Crippen LogP contribution in [0.1, 0.15) is 324 Å². The number of carbonyl (C=O) groups is 1. The number of aliphatic carboxylic acids is 1. The molecule has 60 heavy (non-hydrogen) atoms. The molecule has 0 aromatic rings. The van der Waals surface area contributed by atoms with Crippen molar-refractivity contribution in [1.29, 1.82) is 0 Å². The van der Waals surface area contributed by atoms with Crippen LogP contribution >= 0.6 is 0 Å².